The summed E-state index contributed by atoms with van der Waals surface area (Å²) in [4.78, 5) is 29.7. The molecule has 0 aromatic heterocycles. The van der Waals surface area contributed by atoms with Gasteiger partial charge in [0.15, 0.2) is 0 Å². The summed E-state index contributed by atoms with van der Waals surface area (Å²) in [5, 5.41) is 0. The lowest BCUT2D eigenvalue weighted by molar-refractivity contribution is -0.131. The van der Waals surface area contributed by atoms with Crippen LogP contribution >= 0.6 is 0 Å². The van der Waals surface area contributed by atoms with Crippen LogP contribution in [0.15, 0.2) is 54.6 Å². The highest BCUT2D eigenvalue weighted by atomic mass is 16.2. The molecule has 0 radical (unpaired) electrons. The van der Waals surface area contributed by atoms with Crippen molar-refractivity contribution in [3.8, 4) is 0 Å². The van der Waals surface area contributed by atoms with Gasteiger partial charge in [0.2, 0.25) is 11.8 Å². The third-order valence-corrected chi connectivity index (χ3v) is 5.88. The molecule has 0 fully saturated rings. The van der Waals surface area contributed by atoms with Gasteiger partial charge in [-0.3, -0.25) is 9.59 Å². The van der Waals surface area contributed by atoms with Crippen LogP contribution in [0, 0.1) is 0 Å². The summed E-state index contributed by atoms with van der Waals surface area (Å²) in [6.45, 7) is 2.89. The molecule has 0 spiro atoms. The molecule has 0 saturated heterocycles. The van der Waals surface area contributed by atoms with Crippen molar-refractivity contribution in [1.29, 1.82) is 0 Å². The van der Waals surface area contributed by atoms with Crippen LogP contribution in [-0.4, -0.2) is 37.4 Å². The van der Waals surface area contributed by atoms with E-state index in [0.717, 1.165) is 36.2 Å². The number of carbonyl (C=O) groups excluding carboxylic acids is 2. The van der Waals surface area contributed by atoms with E-state index in [-0.39, 0.29) is 11.8 Å². The van der Waals surface area contributed by atoms with E-state index in [1.807, 2.05) is 56.6 Å². The first kappa shape index (κ1) is 20.1. The average Bonchev–Trinajstić information content (AvgIpc) is 2.93. The Bertz CT molecular complexity index is 834. The predicted octanol–water partition coefficient (Wildman–Crippen LogP) is 4.18. The van der Waals surface area contributed by atoms with Crippen molar-refractivity contribution < 1.29 is 9.59 Å². The molecule has 1 heterocycles. The van der Waals surface area contributed by atoms with E-state index >= 15 is 0 Å². The third kappa shape index (κ3) is 3.82. The van der Waals surface area contributed by atoms with Crippen molar-refractivity contribution >= 4 is 17.5 Å². The number of benzene rings is 2. The molecule has 4 nitrogen and oxygen atoms in total. The zero-order valence-corrected chi connectivity index (χ0v) is 17.1. The second-order valence-corrected chi connectivity index (χ2v) is 7.79. The highest BCUT2D eigenvalue weighted by Crippen LogP contribution is 2.46. The summed E-state index contributed by atoms with van der Waals surface area (Å²) < 4.78 is 0. The molecule has 0 N–H and O–H groups in total. The molecule has 3 rings (SSSR count). The van der Waals surface area contributed by atoms with Crippen LogP contribution in [0.25, 0.3) is 0 Å². The number of amides is 2. The molecule has 0 saturated carbocycles. The third-order valence-electron chi connectivity index (χ3n) is 5.88. The van der Waals surface area contributed by atoms with E-state index in [1.165, 1.54) is 0 Å². The summed E-state index contributed by atoms with van der Waals surface area (Å²) >= 11 is 0. The molecule has 2 aromatic carbocycles. The molecule has 0 aliphatic carbocycles. The zero-order valence-electron chi connectivity index (χ0n) is 17.1. The summed E-state index contributed by atoms with van der Waals surface area (Å²) in [6, 6.07) is 18.1. The Balaban J connectivity index is 1.91. The Labute approximate surface area is 168 Å². The smallest absolute Gasteiger partial charge is 0.237 e. The number of unbranched alkanes of at least 4 members (excludes halogenated alkanes) is 1. The summed E-state index contributed by atoms with van der Waals surface area (Å²) in [5.74, 6) is 0.197. The molecule has 0 bridgehead atoms. The number of hydrogen-bond acceptors (Lipinski definition) is 2. The fourth-order valence-corrected chi connectivity index (χ4v) is 4.19. The SMILES string of the molecule is CCCCN(C)C(=O)CCC1(Cc2ccccc2)C(=O)N(C)c2ccccc21. The Hall–Kier alpha value is -2.62. The van der Waals surface area contributed by atoms with Gasteiger partial charge in [-0.15, -0.1) is 0 Å². The summed E-state index contributed by atoms with van der Waals surface area (Å²) in [5.41, 5.74) is 2.42. The van der Waals surface area contributed by atoms with Crippen LogP contribution in [0.2, 0.25) is 0 Å². The zero-order chi connectivity index (χ0) is 20.1. The molecule has 4 heteroatoms. The lowest BCUT2D eigenvalue weighted by atomic mass is 9.73. The van der Waals surface area contributed by atoms with Gasteiger partial charge in [-0.1, -0.05) is 61.9 Å². The topological polar surface area (TPSA) is 40.6 Å². The standard InChI is InChI=1S/C24H30N2O2/c1-4-5-17-25(2)22(27)15-16-24(18-19-11-7-6-8-12-19)20-13-9-10-14-21(20)26(3)23(24)28/h6-14H,4-5,15-18H2,1-3H3. The fourth-order valence-electron chi connectivity index (χ4n) is 4.19. The second kappa shape index (κ2) is 8.59. The maximum Gasteiger partial charge on any atom is 0.237 e. The van der Waals surface area contributed by atoms with Gasteiger partial charge in [0.1, 0.15) is 0 Å². The largest absolute Gasteiger partial charge is 0.346 e. The van der Waals surface area contributed by atoms with E-state index in [2.05, 4.69) is 19.1 Å². The Morgan fingerprint density at radius 2 is 1.75 bits per heavy atom. The van der Waals surface area contributed by atoms with Crippen LogP contribution < -0.4 is 4.90 Å². The van der Waals surface area contributed by atoms with Crippen LogP contribution in [0.5, 0.6) is 0 Å². The molecular formula is C24H30N2O2. The van der Waals surface area contributed by atoms with Gasteiger partial charge in [0.25, 0.3) is 0 Å². The molecule has 1 atom stereocenters. The number of para-hydroxylation sites is 1. The van der Waals surface area contributed by atoms with Gasteiger partial charge in [-0.05, 0) is 36.5 Å². The van der Waals surface area contributed by atoms with Crippen molar-refractivity contribution in [2.75, 3.05) is 25.5 Å². The highest BCUT2D eigenvalue weighted by Gasteiger charge is 2.49. The Morgan fingerprint density at radius 1 is 1.07 bits per heavy atom. The van der Waals surface area contributed by atoms with Crippen molar-refractivity contribution in [3.05, 3.63) is 65.7 Å². The number of hydrogen-bond donors (Lipinski definition) is 0. The molecule has 2 amide bonds. The number of rotatable bonds is 8. The number of carbonyl (C=O) groups is 2. The predicted molar refractivity (Wildman–Crippen MR) is 113 cm³/mol. The van der Waals surface area contributed by atoms with Gasteiger partial charge in [0.05, 0.1) is 5.41 Å². The lowest BCUT2D eigenvalue weighted by Gasteiger charge is -2.29. The first-order valence-corrected chi connectivity index (χ1v) is 10.1. The summed E-state index contributed by atoms with van der Waals surface area (Å²) in [7, 11) is 3.70. The quantitative estimate of drug-likeness (QED) is 0.691. The summed E-state index contributed by atoms with van der Waals surface area (Å²) in [6.07, 6.45) is 3.58. The minimum absolute atomic E-state index is 0.0848. The van der Waals surface area contributed by atoms with Crippen molar-refractivity contribution in [1.82, 2.24) is 4.90 Å². The molecule has 2 aromatic rings. The molecule has 1 unspecified atom stereocenters. The molecule has 28 heavy (non-hydrogen) atoms. The fraction of sp³-hybridized carbons (Fsp3) is 0.417. The average molecular weight is 379 g/mol. The van der Waals surface area contributed by atoms with E-state index < -0.39 is 5.41 Å². The van der Waals surface area contributed by atoms with E-state index in [1.54, 1.807) is 9.80 Å². The van der Waals surface area contributed by atoms with Gasteiger partial charge >= 0.3 is 0 Å². The Morgan fingerprint density at radius 3 is 2.46 bits per heavy atom. The lowest BCUT2D eigenvalue weighted by Crippen LogP contribution is -2.41. The van der Waals surface area contributed by atoms with Crippen molar-refractivity contribution in [2.45, 2.75) is 44.4 Å². The Kier molecular flexibility index (Phi) is 6.18. The monoisotopic (exact) mass is 378 g/mol. The molecule has 148 valence electrons. The van der Waals surface area contributed by atoms with Crippen LogP contribution in [0.1, 0.15) is 43.7 Å². The number of likely N-dealkylation sites (N-methyl/N-ethyl adjacent to an activating group) is 1. The number of fused-ring (bicyclic) bond motifs is 1. The van der Waals surface area contributed by atoms with Gasteiger partial charge in [0, 0.05) is 32.7 Å². The van der Waals surface area contributed by atoms with E-state index in [4.69, 9.17) is 0 Å². The highest BCUT2D eigenvalue weighted by molar-refractivity contribution is 6.08. The number of anilines is 1. The van der Waals surface area contributed by atoms with Gasteiger partial charge in [-0.25, -0.2) is 0 Å². The van der Waals surface area contributed by atoms with Gasteiger partial charge < -0.3 is 9.80 Å². The maximum absolute atomic E-state index is 13.4. The van der Waals surface area contributed by atoms with Gasteiger partial charge in [-0.2, -0.15) is 0 Å². The van der Waals surface area contributed by atoms with Crippen LogP contribution in [-0.2, 0) is 21.4 Å². The first-order chi connectivity index (χ1) is 13.5. The maximum atomic E-state index is 13.4. The van der Waals surface area contributed by atoms with Crippen molar-refractivity contribution in [2.24, 2.45) is 0 Å². The first-order valence-electron chi connectivity index (χ1n) is 10.1. The normalized spacial score (nSPS) is 18.2. The molecule has 1 aliphatic rings. The van der Waals surface area contributed by atoms with Crippen LogP contribution in [0.4, 0.5) is 5.69 Å². The number of nitrogens with zero attached hydrogens (tertiary/aromatic N) is 2. The van der Waals surface area contributed by atoms with Crippen molar-refractivity contribution in [3.63, 3.8) is 0 Å². The molecular weight excluding hydrogens is 348 g/mol. The minimum atomic E-state index is -0.687. The van der Waals surface area contributed by atoms with E-state index in [0.29, 0.717) is 19.3 Å². The minimum Gasteiger partial charge on any atom is -0.346 e. The van der Waals surface area contributed by atoms with E-state index in [9.17, 15) is 9.59 Å². The second-order valence-electron chi connectivity index (χ2n) is 7.79. The van der Waals surface area contributed by atoms with Crippen LogP contribution in [0.3, 0.4) is 0 Å². The molecule has 1 aliphatic heterocycles.